The van der Waals surface area contributed by atoms with Crippen LogP contribution in [0.5, 0.6) is 0 Å². The Morgan fingerprint density at radius 1 is 1.10 bits per heavy atom. The maximum atomic E-state index is 10.4. The van der Waals surface area contributed by atoms with Crippen LogP contribution in [0.25, 0.3) is 0 Å². The Hall–Kier alpha value is 0.0300. The van der Waals surface area contributed by atoms with Crippen LogP contribution in [0.1, 0.15) is 0 Å². The molecule has 0 heterocycles. The van der Waals surface area contributed by atoms with Crippen LogP contribution in [0.15, 0.2) is 28.7 Å². The smallest absolute Gasteiger partial charge is 0.230 e. The molecular formula is C6H4BrIO2. The topological polar surface area (TPSA) is 34.1 Å². The largest absolute Gasteiger partial charge is 0.340 e. The van der Waals surface area contributed by atoms with Gasteiger partial charge in [0.05, 0.1) is 3.57 Å². The van der Waals surface area contributed by atoms with Crippen molar-refractivity contribution < 1.29 is 6.14 Å². The number of benzene rings is 1. The highest BCUT2D eigenvalue weighted by atomic mass is 127. The molecule has 0 bridgehead atoms. The minimum absolute atomic E-state index is 0.437. The maximum absolute atomic E-state index is 10.4. The van der Waals surface area contributed by atoms with Crippen LogP contribution in [-0.2, 0) is 6.14 Å². The predicted octanol–water partition coefficient (Wildman–Crippen LogP) is 2.82. The average Bonchev–Trinajstić information content (AvgIpc) is 1.88. The van der Waals surface area contributed by atoms with E-state index in [1.165, 1.54) is 0 Å². The van der Waals surface area contributed by atoms with Crippen molar-refractivity contribution in [3.8, 4) is 0 Å². The van der Waals surface area contributed by atoms with E-state index in [4.69, 9.17) is 0 Å². The first-order valence-electron chi connectivity index (χ1n) is 2.51. The Morgan fingerprint density at radius 3 is 2.00 bits per heavy atom. The lowest BCUT2D eigenvalue weighted by Crippen LogP contribution is -1.68. The average molecular weight is 315 g/mol. The number of rotatable bonds is 1. The quantitative estimate of drug-likeness (QED) is 0.747. The van der Waals surface area contributed by atoms with Gasteiger partial charge in [-0.05, 0) is 24.3 Å². The van der Waals surface area contributed by atoms with E-state index in [2.05, 4.69) is 15.9 Å². The third kappa shape index (κ3) is 2.02. The summed E-state index contributed by atoms with van der Waals surface area (Å²) < 4.78 is 22.2. The first kappa shape index (κ1) is 8.13. The van der Waals surface area contributed by atoms with E-state index >= 15 is 0 Å². The molecule has 0 unspecified atom stereocenters. The molecule has 0 aliphatic carbocycles. The summed E-state index contributed by atoms with van der Waals surface area (Å²) in [6, 6.07) is 6.62. The molecule has 0 N–H and O–H groups in total. The third-order valence-corrected chi connectivity index (χ3v) is 3.25. The van der Waals surface area contributed by atoms with E-state index in [0.717, 1.165) is 4.47 Å². The second kappa shape index (κ2) is 3.43. The molecule has 0 amide bonds. The van der Waals surface area contributed by atoms with Crippen LogP contribution in [0.3, 0.4) is 0 Å². The molecule has 2 nitrogen and oxygen atoms in total. The number of halogens is 2. The molecule has 0 saturated heterocycles. The van der Waals surface area contributed by atoms with Gasteiger partial charge in [-0.15, -0.1) is 0 Å². The van der Waals surface area contributed by atoms with Crippen LogP contribution >= 0.6 is 35.7 Å². The molecule has 54 valence electrons. The summed E-state index contributed by atoms with van der Waals surface area (Å²) >= 11 is -0.0164. The summed E-state index contributed by atoms with van der Waals surface area (Å²) in [6.07, 6.45) is 0. The Bertz CT molecular complexity index is 281. The van der Waals surface area contributed by atoms with Crippen LogP contribution in [0.4, 0.5) is 0 Å². The highest BCUT2D eigenvalue weighted by molar-refractivity contribution is 14.2. The molecule has 0 spiro atoms. The Morgan fingerprint density at radius 2 is 1.60 bits per heavy atom. The second-order valence-electron chi connectivity index (χ2n) is 1.65. The molecule has 1 aromatic carbocycles. The lowest BCUT2D eigenvalue weighted by Gasteiger charge is -1.87. The summed E-state index contributed by atoms with van der Waals surface area (Å²) in [5.74, 6) is 0. The van der Waals surface area contributed by atoms with Gasteiger partial charge >= 0.3 is 19.8 Å². The van der Waals surface area contributed by atoms with Crippen molar-refractivity contribution in [1.29, 1.82) is 0 Å². The summed E-state index contributed by atoms with van der Waals surface area (Å²) in [6.45, 7) is 0. The fourth-order valence-electron chi connectivity index (χ4n) is 0.532. The highest BCUT2D eigenvalue weighted by Crippen LogP contribution is 2.19. The van der Waals surface area contributed by atoms with Gasteiger partial charge in [-0.2, -0.15) is 0 Å². The van der Waals surface area contributed by atoms with E-state index < -0.39 is 19.8 Å². The molecule has 0 radical (unpaired) electrons. The van der Waals surface area contributed by atoms with Gasteiger partial charge in [-0.1, -0.05) is 15.9 Å². The number of hydrogen-bond donors (Lipinski definition) is 0. The number of hydrogen-bond acceptors (Lipinski definition) is 2. The normalized spacial score (nSPS) is 10.2. The third-order valence-electron chi connectivity index (χ3n) is 0.982. The Kier molecular flexibility index (Phi) is 2.79. The lowest BCUT2D eigenvalue weighted by atomic mass is 10.4. The van der Waals surface area contributed by atoms with Crippen molar-refractivity contribution in [2.75, 3.05) is 0 Å². The first-order valence-corrected chi connectivity index (χ1v) is 6.14. The van der Waals surface area contributed by atoms with E-state index in [0.29, 0.717) is 3.57 Å². The van der Waals surface area contributed by atoms with E-state index in [9.17, 15) is 6.14 Å². The van der Waals surface area contributed by atoms with Gasteiger partial charge in [0, 0.05) is 4.47 Å². The molecule has 0 aliphatic heterocycles. The van der Waals surface area contributed by atoms with Gasteiger partial charge in [0.2, 0.25) is 0 Å². The Balaban J connectivity index is 3.12. The molecule has 4 heteroatoms. The molecular weight excluding hydrogens is 311 g/mol. The van der Waals surface area contributed by atoms with Crippen molar-refractivity contribution in [1.82, 2.24) is 0 Å². The van der Waals surface area contributed by atoms with Crippen molar-refractivity contribution in [2.24, 2.45) is 0 Å². The fraction of sp³-hybridized carbons (Fsp3) is 0. The second-order valence-corrected chi connectivity index (χ2v) is 5.06. The molecule has 1 aromatic rings. The van der Waals surface area contributed by atoms with Crippen molar-refractivity contribution in [2.45, 2.75) is 0 Å². The van der Waals surface area contributed by atoms with E-state index in [1.54, 1.807) is 24.3 Å². The van der Waals surface area contributed by atoms with Gasteiger partial charge in [-0.25, -0.2) is 6.14 Å². The summed E-state index contributed by atoms with van der Waals surface area (Å²) in [5, 5.41) is 0. The van der Waals surface area contributed by atoms with Gasteiger partial charge in [-0.3, -0.25) is 0 Å². The highest BCUT2D eigenvalue weighted by Gasteiger charge is 1.95. The van der Waals surface area contributed by atoms with Gasteiger partial charge in [0.15, 0.2) is 0 Å². The zero-order chi connectivity index (χ0) is 7.56. The van der Waals surface area contributed by atoms with Crippen LogP contribution < -0.4 is 0 Å². The molecule has 10 heavy (non-hydrogen) atoms. The standard InChI is InChI=1S/C6H4BrIO2/c7-5-1-3-6(4-2-5)8(9)10/h1-4H. The van der Waals surface area contributed by atoms with Crippen molar-refractivity contribution in [3.05, 3.63) is 32.3 Å². The zero-order valence-corrected chi connectivity index (χ0v) is 8.63. The van der Waals surface area contributed by atoms with Crippen molar-refractivity contribution in [3.63, 3.8) is 0 Å². The molecule has 0 aliphatic rings. The summed E-state index contributed by atoms with van der Waals surface area (Å²) in [4.78, 5) is 0. The maximum Gasteiger partial charge on any atom is 0.340 e. The summed E-state index contributed by atoms with van der Waals surface area (Å²) in [5.41, 5.74) is 0. The predicted molar refractivity (Wildman–Crippen MR) is 48.2 cm³/mol. The van der Waals surface area contributed by atoms with Gasteiger partial charge in [0.1, 0.15) is 0 Å². The summed E-state index contributed by atoms with van der Waals surface area (Å²) in [7, 11) is 0. The van der Waals surface area contributed by atoms with Crippen LogP contribution in [-0.4, -0.2) is 0 Å². The van der Waals surface area contributed by atoms with Crippen LogP contribution in [0, 0.1) is 3.57 Å². The van der Waals surface area contributed by atoms with Gasteiger partial charge in [0.25, 0.3) is 0 Å². The fourth-order valence-corrected chi connectivity index (χ4v) is 1.74. The Labute approximate surface area is 73.9 Å². The molecule has 0 aromatic heterocycles. The van der Waals surface area contributed by atoms with Gasteiger partial charge < -0.3 is 0 Å². The van der Waals surface area contributed by atoms with E-state index in [1.807, 2.05) is 0 Å². The minimum Gasteiger partial charge on any atom is -0.230 e. The van der Waals surface area contributed by atoms with Crippen molar-refractivity contribution >= 4 is 35.7 Å². The van der Waals surface area contributed by atoms with Crippen LogP contribution in [0.2, 0.25) is 0 Å². The van der Waals surface area contributed by atoms with E-state index in [-0.39, 0.29) is 0 Å². The first-order chi connectivity index (χ1) is 4.70. The molecule has 0 fully saturated rings. The monoisotopic (exact) mass is 314 g/mol. The SMILES string of the molecule is O=I(=O)c1ccc(Br)cc1. The molecule has 1 rings (SSSR count). The minimum atomic E-state index is -3.22. The zero-order valence-electron chi connectivity index (χ0n) is 4.88. The molecule has 0 saturated carbocycles. The molecule has 0 atom stereocenters. The lowest BCUT2D eigenvalue weighted by molar-refractivity contribution is 0.610.